The van der Waals surface area contributed by atoms with E-state index >= 15 is 0 Å². The van der Waals surface area contributed by atoms with Gasteiger partial charge in [0.1, 0.15) is 0 Å². The lowest BCUT2D eigenvalue weighted by Crippen LogP contribution is -2.33. The molecule has 0 radical (unpaired) electrons. The molecule has 7 heteroatoms. The van der Waals surface area contributed by atoms with E-state index in [2.05, 4.69) is 36.0 Å². The first kappa shape index (κ1) is 17.0. The quantitative estimate of drug-likeness (QED) is 0.861. The van der Waals surface area contributed by atoms with Gasteiger partial charge in [0, 0.05) is 24.6 Å². The summed E-state index contributed by atoms with van der Waals surface area (Å²) in [6.45, 7) is 6.71. The number of alkyl halides is 2. The van der Waals surface area contributed by atoms with Crippen LogP contribution >= 0.6 is 0 Å². The molecule has 2 aromatic heterocycles. The van der Waals surface area contributed by atoms with Crippen molar-refractivity contribution in [3.8, 4) is 0 Å². The van der Waals surface area contributed by atoms with E-state index in [9.17, 15) is 8.78 Å². The summed E-state index contributed by atoms with van der Waals surface area (Å²) in [5, 5.41) is 8.84. The third-order valence-electron chi connectivity index (χ3n) is 4.31. The number of hydrogen-bond acceptors (Lipinski definition) is 4. The molecule has 2 aromatic rings. The van der Waals surface area contributed by atoms with E-state index in [1.165, 1.54) is 0 Å². The first-order valence-corrected chi connectivity index (χ1v) is 8.18. The Kier molecular flexibility index (Phi) is 4.38. The summed E-state index contributed by atoms with van der Waals surface area (Å²) >= 11 is 0. The molecular formula is C17H23F2N5. The van der Waals surface area contributed by atoms with Crippen LogP contribution in [0.25, 0.3) is 0 Å². The lowest BCUT2D eigenvalue weighted by atomic mass is 9.93. The molecule has 1 aliphatic rings. The van der Waals surface area contributed by atoms with Crippen LogP contribution in [0.3, 0.4) is 0 Å². The molecule has 5 nitrogen and oxygen atoms in total. The second-order valence-electron chi connectivity index (χ2n) is 7.38. The van der Waals surface area contributed by atoms with Gasteiger partial charge in [0.2, 0.25) is 0 Å². The third kappa shape index (κ3) is 3.77. The smallest absolute Gasteiger partial charge is 0.261 e. The maximum absolute atomic E-state index is 13.7. The summed E-state index contributed by atoms with van der Waals surface area (Å²) in [4.78, 5) is 7.74. The molecular weight excluding hydrogens is 312 g/mol. The molecule has 130 valence electrons. The molecule has 0 aromatic carbocycles. The Labute approximate surface area is 140 Å². The summed E-state index contributed by atoms with van der Waals surface area (Å²) in [5.74, 6) is -2.64. The van der Waals surface area contributed by atoms with E-state index in [-0.39, 0.29) is 24.4 Å². The van der Waals surface area contributed by atoms with Gasteiger partial charge in [0.05, 0.1) is 36.7 Å². The number of rotatable bonds is 4. The fourth-order valence-electron chi connectivity index (χ4n) is 2.88. The molecule has 0 spiro atoms. The van der Waals surface area contributed by atoms with E-state index in [4.69, 9.17) is 0 Å². The number of likely N-dealkylation sites (tertiary alicyclic amines) is 1. The number of halogens is 2. The van der Waals surface area contributed by atoms with Crippen molar-refractivity contribution in [1.29, 1.82) is 0 Å². The van der Waals surface area contributed by atoms with Crippen LogP contribution in [0.2, 0.25) is 0 Å². The molecule has 3 heterocycles. The van der Waals surface area contributed by atoms with Crippen LogP contribution in [0.4, 0.5) is 8.78 Å². The van der Waals surface area contributed by atoms with E-state index in [1.54, 1.807) is 22.1 Å². The Bertz CT molecular complexity index is 678. The number of nitrogens with zero attached hydrogens (tertiary/aromatic N) is 5. The first-order valence-electron chi connectivity index (χ1n) is 8.18. The second-order valence-corrected chi connectivity index (χ2v) is 7.38. The average Bonchev–Trinajstić information content (AvgIpc) is 3.12. The highest BCUT2D eigenvalue weighted by Crippen LogP contribution is 2.33. The number of aromatic nitrogens is 4. The van der Waals surface area contributed by atoms with Crippen LogP contribution in [-0.2, 0) is 12.0 Å². The maximum Gasteiger partial charge on any atom is 0.261 e. The normalized spacial score (nSPS) is 19.5. The Morgan fingerprint density at radius 1 is 1.29 bits per heavy atom. The molecule has 24 heavy (non-hydrogen) atoms. The molecule has 0 saturated carbocycles. The zero-order valence-corrected chi connectivity index (χ0v) is 14.3. The highest BCUT2D eigenvalue weighted by atomic mass is 19.3. The van der Waals surface area contributed by atoms with E-state index in [0.29, 0.717) is 13.1 Å². The Hall–Kier alpha value is -1.89. The summed E-state index contributed by atoms with van der Waals surface area (Å²) in [7, 11) is 0. The largest absolute Gasteiger partial charge is 0.287 e. The number of hydrogen-bond donors (Lipinski definition) is 0. The molecule has 1 unspecified atom stereocenters. The summed E-state index contributed by atoms with van der Waals surface area (Å²) < 4.78 is 27.3. The van der Waals surface area contributed by atoms with Gasteiger partial charge in [-0.05, 0) is 12.1 Å². The van der Waals surface area contributed by atoms with Crippen molar-refractivity contribution < 1.29 is 8.78 Å². The van der Waals surface area contributed by atoms with Crippen LogP contribution < -0.4 is 0 Å². The van der Waals surface area contributed by atoms with Crippen LogP contribution in [0.15, 0.2) is 30.6 Å². The molecule has 0 bridgehead atoms. The van der Waals surface area contributed by atoms with Gasteiger partial charge in [-0.25, -0.2) is 8.78 Å². The molecule has 0 N–H and O–H groups in total. The minimum Gasteiger partial charge on any atom is -0.287 e. The van der Waals surface area contributed by atoms with Crippen molar-refractivity contribution in [1.82, 2.24) is 24.9 Å². The Balaban J connectivity index is 1.84. The van der Waals surface area contributed by atoms with Crippen molar-refractivity contribution in [3.63, 3.8) is 0 Å². The second kappa shape index (κ2) is 6.20. The van der Waals surface area contributed by atoms with Crippen molar-refractivity contribution in [2.45, 2.75) is 51.1 Å². The van der Waals surface area contributed by atoms with Crippen molar-refractivity contribution in [3.05, 3.63) is 42.0 Å². The van der Waals surface area contributed by atoms with Crippen molar-refractivity contribution in [2.75, 3.05) is 13.1 Å². The zero-order valence-electron chi connectivity index (χ0n) is 14.3. The minimum atomic E-state index is -2.64. The van der Waals surface area contributed by atoms with Gasteiger partial charge in [-0.2, -0.15) is 15.0 Å². The Morgan fingerprint density at radius 2 is 2.08 bits per heavy atom. The fraction of sp³-hybridized carbons (Fsp3) is 0.588. The minimum absolute atomic E-state index is 0.0978. The molecule has 1 aliphatic heterocycles. The lowest BCUT2D eigenvalue weighted by molar-refractivity contribution is 0.00581. The van der Waals surface area contributed by atoms with E-state index < -0.39 is 5.92 Å². The lowest BCUT2D eigenvalue weighted by Gasteiger charge is -2.26. The monoisotopic (exact) mass is 335 g/mol. The standard InChI is InChI=1S/C17H23F2N5/c1-16(2,3)15-10-21-24(22-15)11-14(13-6-4-5-8-20-13)23-9-7-17(18,19)12-23/h4-6,8,10,14H,7,9,11-12H2,1-3H3. The van der Waals surface area contributed by atoms with Crippen LogP contribution in [0.1, 0.15) is 44.6 Å². The molecule has 1 atom stereocenters. The van der Waals surface area contributed by atoms with Crippen LogP contribution in [0, 0.1) is 0 Å². The van der Waals surface area contributed by atoms with Crippen molar-refractivity contribution in [2.24, 2.45) is 0 Å². The molecule has 3 rings (SSSR count). The topological polar surface area (TPSA) is 46.8 Å². The molecule has 1 fully saturated rings. The van der Waals surface area contributed by atoms with Gasteiger partial charge in [-0.1, -0.05) is 26.8 Å². The van der Waals surface area contributed by atoms with E-state index in [0.717, 1.165) is 11.4 Å². The third-order valence-corrected chi connectivity index (χ3v) is 4.31. The highest BCUT2D eigenvalue weighted by Gasteiger charge is 2.41. The van der Waals surface area contributed by atoms with Crippen LogP contribution in [-0.4, -0.2) is 43.9 Å². The van der Waals surface area contributed by atoms with Gasteiger partial charge >= 0.3 is 0 Å². The predicted octanol–water partition coefficient (Wildman–Crippen LogP) is 3.05. The predicted molar refractivity (Wildman–Crippen MR) is 86.8 cm³/mol. The maximum atomic E-state index is 13.7. The van der Waals surface area contributed by atoms with Crippen molar-refractivity contribution >= 4 is 0 Å². The van der Waals surface area contributed by atoms with Gasteiger partial charge in [-0.3, -0.25) is 9.88 Å². The molecule has 0 amide bonds. The van der Waals surface area contributed by atoms with Gasteiger partial charge < -0.3 is 0 Å². The molecule has 1 saturated heterocycles. The molecule has 0 aliphatic carbocycles. The van der Waals surface area contributed by atoms with E-state index in [1.807, 2.05) is 18.2 Å². The number of pyridine rings is 1. The highest BCUT2D eigenvalue weighted by molar-refractivity contribution is 5.11. The summed E-state index contributed by atoms with van der Waals surface area (Å²) in [5.41, 5.74) is 1.55. The Morgan fingerprint density at radius 3 is 2.62 bits per heavy atom. The van der Waals surface area contributed by atoms with Gasteiger partial charge in [0.25, 0.3) is 5.92 Å². The summed E-state index contributed by atoms with van der Waals surface area (Å²) in [6.07, 6.45) is 3.32. The fourth-order valence-corrected chi connectivity index (χ4v) is 2.88. The average molecular weight is 335 g/mol. The SMILES string of the molecule is CC(C)(C)c1cnn(CC(c2ccccn2)N2CCC(F)(F)C2)n1. The zero-order chi connectivity index (χ0) is 17.4. The first-order chi connectivity index (χ1) is 11.2. The van der Waals surface area contributed by atoms with Gasteiger partial charge in [0.15, 0.2) is 0 Å². The van der Waals surface area contributed by atoms with Gasteiger partial charge in [-0.15, -0.1) is 0 Å². The van der Waals surface area contributed by atoms with Crippen LogP contribution in [0.5, 0.6) is 0 Å². The summed E-state index contributed by atoms with van der Waals surface area (Å²) in [6, 6.07) is 5.30.